The number of rotatable bonds is 2. The van der Waals surface area contributed by atoms with Gasteiger partial charge in [-0.1, -0.05) is 29.3 Å². The Kier molecular flexibility index (Phi) is 3.35. The molecule has 1 aromatic rings. The molecule has 2 nitrogen and oxygen atoms in total. The fraction of sp³-hybridized carbons (Fsp3) is 0.250. The third-order valence-corrected chi connectivity index (χ3v) is 2.29. The first-order valence-corrected chi connectivity index (χ1v) is 4.24. The molecule has 0 bridgehead atoms. The lowest BCUT2D eigenvalue weighted by Gasteiger charge is -2.08. The molecule has 0 unspecified atom stereocenters. The van der Waals surface area contributed by atoms with Crippen LogP contribution in [0.15, 0.2) is 18.2 Å². The molecular formula is C8H9Cl2NO. The van der Waals surface area contributed by atoms with E-state index >= 15 is 0 Å². The second kappa shape index (κ2) is 4.10. The molecule has 0 heterocycles. The maximum Gasteiger partial charge on any atom is 0.0912 e. The first kappa shape index (κ1) is 9.81. The number of nitrogens with two attached hydrogens (primary N) is 1. The van der Waals surface area contributed by atoms with Crippen LogP contribution in [0.1, 0.15) is 11.7 Å². The van der Waals surface area contributed by atoms with Crippen molar-refractivity contribution in [1.29, 1.82) is 0 Å². The Hall–Kier alpha value is -0.280. The monoisotopic (exact) mass is 205 g/mol. The highest BCUT2D eigenvalue weighted by Gasteiger charge is 2.06. The van der Waals surface area contributed by atoms with E-state index < -0.39 is 6.10 Å². The van der Waals surface area contributed by atoms with Crippen LogP contribution >= 0.6 is 23.2 Å². The Labute approximate surface area is 80.9 Å². The summed E-state index contributed by atoms with van der Waals surface area (Å²) < 4.78 is 0. The molecular weight excluding hydrogens is 197 g/mol. The molecule has 0 aliphatic rings. The van der Waals surface area contributed by atoms with Gasteiger partial charge in [0.2, 0.25) is 0 Å². The van der Waals surface area contributed by atoms with E-state index in [0.717, 1.165) is 0 Å². The standard InChI is InChI=1S/C8H9Cl2NO/c9-6-2-1-5(3-7(6)10)8(12)4-11/h1-3,8,12H,4,11H2/t8-/m1/s1. The minimum Gasteiger partial charge on any atom is -0.387 e. The van der Waals surface area contributed by atoms with E-state index in [1.807, 2.05) is 0 Å². The molecule has 66 valence electrons. The molecule has 0 aliphatic heterocycles. The van der Waals surface area contributed by atoms with Crippen molar-refractivity contribution in [2.24, 2.45) is 5.73 Å². The van der Waals surface area contributed by atoms with Crippen LogP contribution in [0.5, 0.6) is 0 Å². The van der Waals surface area contributed by atoms with E-state index in [-0.39, 0.29) is 6.54 Å². The van der Waals surface area contributed by atoms with Crippen LogP contribution < -0.4 is 5.73 Å². The summed E-state index contributed by atoms with van der Waals surface area (Å²) in [5, 5.41) is 10.2. The zero-order valence-electron chi connectivity index (χ0n) is 6.30. The van der Waals surface area contributed by atoms with Crippen molar-refractivity contribution >= 4 is 23.2 Å². The van der Waals surface area contributed by atoms with Gasteiger partial charge in [0.05, 0.1) is 16.1 Å². The average Bonchev–Trinajstić information content (AvgIpc) is 2.08. The Balaban J connectivity index is 2.96. The van der Waals surface area contributed by atoms with Crippen molar-refractivity contribution < 1.29 is 5.11 Å². The first-order valence-electron chi connectivity index (χ1n) is 3.48. The lowest BCUT2D eigenvalue weighted by atomic mass is 10.1. The van der Waals surface area contributed by atoms with Gasteiger partial charge in [0.25, 0.3) is 0 Å². The summed E-state index contributed by atoms with van der Waals surface area (Å²) in [6.07, 6.45) is -0.667. The predicted octanol–water partition coefficient (Wildman–Crippen LogP) is 1.99. The second-order valence-electron chi connectivity index (χ2n) is 2.43. The van der Waals surface area contributed by atoms with Gasteiger partial charge >= 0.3 is 0 Å². The number of halogens is 2. The van der Waals surface area contributed by atoms with Crippen LogP contribution in [0.4, 0.5) is 0 Å². The Morgan fingerprint density at radius 3 is 2.50 bits per heavy atom. The minimum absolute atomic E-state index is 0.179. The van der Waals surface area contributed by atoms with Crippen molar-refractivity contribution in [3.63, 3.8) is 0 Å². The van der Waals surface area contributed by atoms with Crippen LogP contribution in [-0.2, 0) is 0 Å². The largest absolute Gasteiger partial charge is 0.387 e. The Bertz CT molecular complexity index is 278. The number of hydrogen-bond donors (Lipinski definition) is 2. The topological polar surface area (TPSA) is 46.2 Å². The Morgan fingerprint density at radius 1 is 1.33 bits per heavy atom. The van der Waals surface area contributed by atoms with Crippen LogP contribution in [-0.4, -0.2) is 11.7 Å². The summed E-state index contributed by atoms with van der Waals surface area (Å²) in [6.45, 7) is 0.179. The van der Waals surface area contributed by atoms with E-state index in [1.54, 1.807) is 18.2 Å². The van der Waals surface area contributed by atoms with E-state index in [0.29, 0.717) is 15.6 Å². The molecule has 0 aromatic heterocycles. The molecule has 0 aliphatic carbocycles. The van der Waals surface area contributed by atoms with E-state index in [1.165, 1.54) is 0 Å². The summed E-state index contributed by atoms with van der Waals surface area (Å²) >= 11 is 11.4. The summed E-state index contributed by atoms with van der Waals surface area (Å²) in [5.41, 5.74) is 5.95. The maximum atomic E-state index is 9.32. The normalized spacial score (nSPS) is 13.0. The van der Waals surface area contributed by atoms with Crippen molar-refractivity contribution in [3.05, 3.63) is 33.8 Å². The summed E-state index contributed by atoms with van der Waals surface area (Å²) in [7, 11) is 0. The molecule has 0 radical (unpaired) electrons. The van der Waals surface area contributed by atoms with Gasteiger partial charge in [-0.25, -0.2) is 0 Å². The van der Waals surface area contributed by atoms with E-state index in [2.05, 4.69) is 0 Å². The smallest absolute Gasteiger partial charge is 0.0912 e. The van der Waals surface area contributed by atoms with Gasteiger partial charge in [-0.05, 0) is 17.7 Å². The SMILES string of the molecule is NC[C@@H](O)c1ccc(Cl)c(Cl)c1. The highest BCUT2D eigenvalue weighted by Crippen LogP contribution is 2.25. The highest BCUT2D eigenvalue weighted by molar-refractivity contribution is 6.42. The summed E-state index contributed by atoms with van der Waals surface area (Å²) in [5.74, 6) is 0. The zero-order valence-corrected chi connectivity index (χ0v) is 7.81. The molecule has 12 heavy (non-hydrogen) atoms. The number of aliphatic hydroxyl groups excluding tert-OH is 1. The fourth-order valence-corrected chi connectivity index (χ4v) is 1.16. The summed E-state index contributed by atoms with van der Waals surface area (Å²) in [6, 6.07) is 4.95. The van der Waals surface area contributed by atoms with Crippen LogP contribution in [0.3, 0.4) is 0 Å². The second-order valence-corrected chi connectivity index (χ2v) is 3.24. The third-order valence-electron chi connectivity index (χ3n) is 1.55. The van der Waals surface area contributed by atoms with Crippen molar-refractivity contribution in [2.45, 2.75) is 6.10 Å². The van der Waals surface area contributed by atoms with Gasteiger partial charge in [0.1, 0.15) is 0 Å². The maximum absolute atomic E-state index is 9.32. The molecule has 0 amide bonds. The molecule has 4 heteroatoms. The van der Waals surface area contributed by atoms with Crippen LogP contribution in [0, 0.1) is 0 Å². The number of hydrogen-bond acceptors (Lipinski definition) is 2. The average molecular weight is 206 g/mol. The van der Waals surface area contributed by atoms with Crippen molar-refractivity contribution in [1.82, 2.24) is 0 Å². The van der Waals surface area contributed by atoms with Crippen LogP contribution in [0.2, 0.25) is 10.0 Å². The Morgan fingerprint density at radius 2 is 2.00 bits per heavy atom. The first-order chi connectivity index (χ1) is 5.65. The third kappa shape index (κ3) is 2.11. The van der Waals surface area contributed by atoms with E-state index in [4.69, 9.17) is 28.9 Å². The number of aliphatic hydroxyl groups is 1. The number of benzene rings is 1. The molecule has 0 spiro atoms. The van der Waals surface area contributed by atoms with Gasteiger partial charge in [0, 0.05) is 6.54 Å². The molecule has 0 fully saturated rings. The molecule has 3 N–H and O–H groups in total. The zero-order chi connectivity index (χ0) is 9.14. The van der Waals surface area contributed by atoms with Gasteiger partial charge < -0.3 is 10.8 Å². The van der Waals surface area contributed by atoms with Gasteiger partial charge in [0.15, 0.2) is 0 Å². The van der Waals surface area contributed by atoms with Crippen molar-refractivity contribution in [3.8, 4) is 0 Å². The van der Waals surface area contributed by atoms with Gasteiger partial charge in [-0.15, -0.1) is 0 Å². The predicted molar refractivity (Wildman–Crippen MR) is 50.5 cm³/mol. The van der Waals surface area contributed by atoms with Crippen LogP contribution in [0.25, 0.3) is 0 Å². The minimum atomic E-state index is -0.667. The molecule has 0 saturated carbocycles. The lowest BCUT2D eigenvalue weighted by Crippen LogP contribution is -2.11. The quantitative estimate of drug-likeness (QED) is 0.777. The molecule has 1 aromatic carbocycles. The highest BCUT2D eigenvalue weighted by atomic mass is 35.5. The lowest BCUT2D eigenvalue weighted by molar-refractivity contribution is 0.187. The van der Waals surface area contributed by atoms with Gasteiger partial charge in [-0.2, -0.15) is 0 Å². The van der Waals surface area contributed by atoms with Crippen molar-refractivity contribution in [2.75, 3.05) is 6.54 Å². The fourth-order valence-electron chi connectivity index (χ4n) is 0.856. The van der Waals surface area contributed by atoms with E-state index in [9.17, 15) is 5.11 Å². The molecule has 1 atom stereocenters. The molecule has 1 rings (SSSR count). The van der Waals surface area contributed by atoms with Gasteiger partial charge in [-0.3, -0.25) is 0 Å². The summed E-state index contributed by atoms with van der Waals surface area (Å²) in [4.78, 5) is 0. The molecule has 0 saturated heterocycles.